The van der Waals surface area contributed by atoms with Gasteiger partial charge in [0, 0.05) is 46.2 Å². The van der Waals surface area contributed by atoms with E-state index in [1.807, 2.05) is 26.2 Å². The summed E-state index contributed by atoms with van der Waals surface area (Å²) in [4.78, 5) is 26.8. The number of nitrogens with zero attached hydrogens (tertiary/aromatic N) is 1. The van der Waals surface area contributed by atoms with Crippen molar-refractivity contribution >= 4 is 43.3 Å². The SMILES string of the molecule is CNC(=O)OCc1ccc(NCCN(C)C)c2c(=O)c3cc(O)ccc3sc12. The minimum Gasteiger partial charge on any atom is -0.508 e. The molecule has 0 fully saturated rings. The Morgan fingerprint density at radius 2 is 2.04 bits per heavy atom. The lowest BCUT2D eigenvalue weighted by atomic mass is 10.1. The molecule has 1 heterocycles. The van der Waals surface area contributed by atoms with Crippen LogP contribution in [0.2, 0.25) is 0 Å². The third-order valence-corrected chi connectivity index (χ3v) is 5.57. The molecule has 28 heavy (non-hydrogen) atoms. The van der Waals surface area contributed by atoms with E-state index in [2.05, 4.69) is 15.5 Å². The number of aromatic hydroxyl groups is 1. The predicted molar refractivity (Wildman–Crippen MR) is 114 cm³/mol. The number of nitrogens with one attached hydrogen (secondary N) is 2. The quantitative estimate of drug-likeness (QED) is 0.550. The zero-order valence-electron chi connectivity index (χ0n) is 16.0. The van der Waals surface area contributed by atoms with Gasteiger partial charge in [-0.25, -0.2) is 4.79 Å². The number of fused-ring (bicyclic) bond motifs is 2. The van der Waals surface area contributed by atoms with Crippen LogP contribution in [0, 0.1) is 0 Å². The van der Waals surface area contributed by atoms with Gasteiger partial charge in [-0.05, 0) is 38.4 Å². The van der Waals surface area contributed by atoms with Crippen LogP contribution >= 0.6 is 11.3 Å². The molecule has 8 heteroatoms. The number of likely N-dealkylation sites (N-methyl/N-ethyl adjacent to an activating group) is 1. The summed E-state index contributed by atoms with van der Waals surface area (Å²) in [5.41, 5.74) is 1.33. The monoisotopic (exact) mass is 401 g/mol. The summed E-state index contributed by atoms with van der Waals surface area (Å²) >= 11 is 1.44. The van der Waals surface area contributed by atoms with Gasteiger partial charge < -0.3 is 25.4 Å². The number of carbonyl (C=O) groups is 1. The minimum atomic E-state index is -0.528. The van der Waals surface area contributed by atoms with Gasteiger partial charge in [0.05, 0.1) is 5.39 Å². The van der Waals surface area contributed by atoms with Gasteiger partial charge in [-0.2, -0.15) is 0 Å². The van der Waals surface area contributed by atoms with Crippen molar-refractivity contribution in [2.45, 2.75) is 6.61 Å². The van der Waals surface area contributed by atoms with Crippen LogP contribution in [-0.4, -0.2) is 50.3 Å². The number of ether oxygens (including phenoxy) is 1. The fourth-order valence-corrected chi connectivity index (χ4v) is 4.07. The van der Waals surface area contributed by atoms with Gasteiger partial charge >= 0.3 is 6.09 Å². The summed E-state index contributed by atoms with van der Waals surface area (Å²) in [6.07, 6.45) is -0.528. The highest BCUT2D eigenvalue weighted by Crippen LogP contribution is 2.33. The molecule has 0 saturated carbocycles. The van der Waals surface area contributed by atoms with E-state index in [0.717, 1.165) is 27.2 Å². The van der Waals surface area contributed by atoms with Crippen molar-refractivity contribution in [3.05, 3.63) is 46.1 Å². The first-order valence-electron chi connectivity index (χ1n) is 8.85. The van der Waals surface area contributed by atoms with Crippen LogP contribution in [0.5, 0.6) is 5.75 Å². The lowest BCUT2D eigenvalue weighted by Crippen LogP contribution is -2.21. The molecule has 1 amide bonds. The van der Waals surface area contributed by atoms with Crippen LogP contribution in [0.3, 0.4) is 0 Å². The van der Waals surface area contributed by atoms with Crippen molar-refractivity contribution in [3.8, 4) is 5.75 Å². The topological polar surface area (TPSA) is 90.9 Å². The Labute approximate surface area is 166 Å². The van der Waals surface area contributed by atoms with E-state index in [4.69, 9.17) is 4.74 Å². The van der Waals surface area contributed by atoms with Crippen molar-refractivity contribution < 1.29 is 14.6 Å². The minimum absolute atomic E-state index is 0.0531. The summed E-state index contributed by atoms with van der Waals surface area (Å²) in [6, 6.07) is 8.48. The van der Waals surface area contributed by atoms with Crippen molar-refractivity contribution in [3.63, 3.8) is 0 Å². The molecular formula is C20H23N3O4S. The molecule has 0 aliphatic rings. The summed E-state index contributed by atoms with van der Waals surface area (Å²) in [5.74, 6) is 0.0531. The average Bonchev–Trinajstić information content (AvgIpc) is 2.67. The summed E-state index contributed by atoms with van der Waals surface area (Å²) in [6.45, 7) is 1.56. The molecule has 0 radical (unpaired) electrons. The highest BCUT2D eigenvalue weighted by atomic mass is 32.1. The fraction of sp³-hybridized carbons (Fsp3) is 0.300. The number of benzene rings is 2. The van der Waals surface area contributed by atoms with Crippen LogP contribution in [0.4, 0.5) is 10.5 Å². The Morgan fingerprint density at radius 1 is 1.25 bits per heavy atom. The molecule has 0 bridgehead atoms. The second-order valence-corrected chi connectivity index (χ2v) is 7.70. The molecular weight excluding hydrogens is 378 g/mol. The molecule has 1 aromatic heterocycles. The number of rotatable bonds is 6. The van der Waals surface area contributed by atoms with Crippen LogP contribution < -0.4 is 16.1 Å². The van der Waals surface area contributed by atoms with Crippen LogP contribution in [0.15, 0.2) is 35.1 Å². The maximum Gasteiger partial charge on any atom is 0.407 e. The van der Waals surface area contributed by atoms with E-state index >= 15 is 0 Å². The van der Waals surface area contributed by atoms with E-state index in [9.17, 15) is 14.7 Å². The van der Waals surface area contributed by atoms with E-state index in [-0.39, 0.29) is 17.8 Å². The average molecular weight is 401 g/mol. The van der Waals surface area contributed by atoms with Gasteiger partial charge in [0.15, 0.2) is 5.43 Å². The first-order chi connectivity index (χ1) is 13.4. The van der Waals surface area contributed by atoms with Crippen LogP contribution in [0.25, 0.3) is 20.2 Å². The Kier molecular flexibility index (Phi) is 6.01. The Bertz CT molecular complexity index is 1080. The molecule has 3 aromatic rings. The molecule has 0 spiro atoms. The zero-order chi connectivity index (χ0) is 20.3. The highest BCUT2D eigenvalue weighted by Gasteiger charge is 2.15. The van der Waals surface area contributed by atoms with Crippen molar-refractivity contribution in [1.29, 1.82) is 0 Å². The van der Waals surface area contributed by atoms with Gasteiger partial charge in [-0.1, -0.05) is 6.07 Å². The number of amides is 1. The van der Waals surface area contributed by atoms with E-state index < -0.39 is 6.09 Å². The Hall–Kier alpha value is -2.84. The largest absolute Gasteiger partial charge is 0.508 e. The zero-order valence-corrected chi connectivity index (χ0v) is 16.9. The van der Waals surface area contributed by atoms with Crippen molar-refractivity contribution in [2.24, 2.45) is 0 Å². The van der Waals surface area contributed by atoms with E-state index in [1.165, 1.54) is 24.5 Å². The molecule has 3 N–H and O–H groups in total. The number of alkyl carbamates (subject to hydrolysis) is 1. The molecule has 7 nitrogen and oxygen atoms in total. The molecule has 0 saturated heterocycles. The molecule has 0 aliphatic carbocycles. The maximum atomic E-state index is 13.2. The number of anilines is 1. The highest BCUT2D eigenvalue weighted by molar-refractivity contribution is 7.24. The third kappa shape index (κ3) is 4.18. The molecule has 3 rings (SSSR count). The lowest BCUT2D eigenvalue weighted by Gasteiger charge is -2.15. The summed E-state index contributed by atoms with van der Waals surface area (Å²) in [5, 5.41) is 16.6. The smallest absolute Gasteiger partial charge is 0.407 e. The molecule has 0 unspecified atom stereocenters. The number of phenols is 1. The molecule has 2 aromatic carbocycles. The lowest BCUT2D eigenvalue weighted by molar-refractivity contribution is 0.142. The maximum absolute atomic E-state index is 13.2. The van der Waals surface area contributed by atoms with Crippen molar-refractivity contribution in [2.75, 3.05) is 39.5 Å². The van der Waals surface area contributed by atoms with Gasteiger partial charge in [-0.3, -0.25) is 4.79 Å². The van der Waals surface area contributed by atoms with E-state index in [0.29, 0.717) is 17.3 Å². The third-order valence-electron chi connectivity index (χ3n) is 4.32. The first-order valence-corrected chi connectivity index (χ1v) is 9.67. The number of carbonyl (C=O) groups excluding carboxylic acids is 1. The second-order valence-electron chi connectivity index (χ2n) is 6.64. The van der Waals surface area contributed by atoms with Gasteiger partial charge in [-0.15, -0.1) is 11.3 Å². The number of hydrogen-bond acceptors (Lipinski definition) is 7. The van der Waals surface area contributed by atoms with Crippen molar-refractivity contribution in [1.82, 2.24) is 10.2 Å². The Balaban J connectivity index is 2.15. The second kappa shape index (κ2) is 8.45. The predicted octanol–water partition coefficient (Wildman–Crippen LogP) is 2.95. The summed E-state index contributed by atoms with van der Waals surface area (Å²) in [7, 11) is 5.46. The van der Waals surface area contributed by atoms with Gasteiger partial charge in [0.1, 0.15) is 12.4 Å². The standard InChI is InChI=1S/C20H23N3O4S/c1-21-20(26)27-11-12-4-6-15(22-8-9-23(2)3)17-18(25)14-10-13(24)5-7-16(14)28-19(12)17/h4-7,10,22,24H,8-9,11H2,1-3H3,(H,21,26). The summed E-state index contributed by atoms with van der Waals surface area (Å²) < 4.78 is 6.73. The van der Waals surface area contributed by atoms with Gasteiger partial charge in [0.25, 0.3) is 0 Å². The van der Waals surface area contributed by atoms with Crippen LogP contribution in [-0.2, 0) is 11.3 Å². The normalized spacial score (nSPS) is 11.1. The van der Waals surface area contributed by atoms with E-state index in [1.54, 1.807) is 12.1 Å². The number of phenolic OH excluding ortho intramolecular Hbond substituents is 1. The van der Waals surface area contributed by atoms with Crippen LogP contribution in [0.1, 0.15) is 5.56 Å². The Morgan fingerprint density at radius 3 is 2.75 bits per heavy atom. The van der Waals surface area contributed by atoms with Gasteiger partial charge in [0.2, 0.25) is 0 Å². The molecule has 148 valence electrons. The fourth-order valence-electron chi connectivity index (χ4n) is 2.89. The molecule has 0 atom stereocenters. The number of hydrogen-bond donors (Lipinski definition) is 3. The first kappa shape index (κ1) is 19.9. The molecule has 0 aliphatic heterocycles.